The van der Waals surface area contributed by atoms with E-state index in [0.29, 0.717) is 47.3 Å². The van der Waals surface area contributed by atoms with Gasteiger partial charge in [-0.3, -0.25) is 0 Å². The van der Waals surface area contributed by atoms with E-state index in [1.54, 1.807) is 41.0 Å². The monoisotopic (exact) mass is 519 g/mol. The molecule has 1 aliphatic carbocycles. The Bertz CT molecular complexity index is 1440. The van der Waals surface area contributed by atoms with Crippen LogP contribution in [0.4, 0.5) is 13.2 Å². The summed E-state index contributed by atoms with van der Waals surface area (Å²) in [6.45, 7) is 6.29. The number of alkyl halides is 3. The highest BCUT2D eigenvalue weighted by molar-refractivity contribution is 7.90. The molecule has 1 saturated carbocycles. The summed E-state index contributed by atoms with van der Waals surface area (Å²) in [5.41, 5.74) is 1.59. The first-order valence-electron chi connectivity index (χ1n) is 11.5. The van der Waals surface area contributed by atoms with Crippen LogP contribution in [-0.2, 0) is 16.6 Å². The highest BCUT2D eigenvalue weighted by Crippen LogP contribution is 2.42. The Hall–Kier alpha value is -3.03. The third kappa shape index (κ3) is 5.22. The van der Waals surface area contributed by atoms with Crippen molar-refractivity contribution in [3.05, 3.63) is 53.7 Å². The minimum atomic E-state index is -4.84. The lowest BCUT2D eigenvalue weighted by atomic mass is 9.96. The number of hydrogen-bond donors (Lipinski definition) is 1. The van der Waals surface area contributed by atoms with E-state index in [0.717, 1.165) is 0 Å². The van der Waals surface area contributed by atoms with Crippen LogP contribution in [-0.4, -0.2) is 31.5 Å². The van der Waals surface area contributed by atoms with Gasteiger partial charge in [-0.25, -0.2) is 8.42 Å². The fraction of sp³-hybridized carbons (Fsp3) is 0.423. The molecule has 2 aromatic carbocycles. The minimum Gasteiger partial charge on any atom is -0.496 e. The second-order valence-corrected chi connectivity index (χ2v) is 12.3. The highest BCUT2D eigenvalue weighted by atomic mass is 32.2. The fourth-order valence-corrected chi connectivity index (χ4v) is 5.92. The molecule has 1 aliphatic rings. The number of fused-ring (bicyclic) bond motifs is 1. The van der Waals surface area contributed by atoms with Gasteiger partial charge in [-0.15, -0.1) is 0 Å². The number of rotatable bonds is 7. The fourth-order valence-electron chi connectivity index (χ4n) is 4.39. The number of benzene rings is 2. The number of nitrogens with zero attached hydrogens (tertiary/aromatic N) is 2. The third-order valence-electron chi connectivity index (χ3n) is 6.10. The summed E-state index contributed by atoms with van der Waals surface area (Å²) >= 11 is 0. The van der Waals surface area contributed by atoms with Crippen molar-refractivity contribution in [3.8, 4) is 22.9 Å². The van der Waals surface area contributed by atoms with Crippen molar-refractivity contribution in [3.63, 3.8) is 0 Å². The molecular formula is C26H28F3N3O3S. The molecule has 0 radical (unpaired) electrons. The van der Waals surface area contributed by atoms with Crippen LogP contribution >= 0.6 is 0 Å². The Morgan fingerprint density at radius 3 is 2.44 bits per heavy atom. The van der Waals surface area contributed by atoms with Gasteiger partial charge >= 0.3 is 6.18 Å². The normalized spacial score (nSPS) is 15.6. The summed E-state index contributed by atoms with van der Waals surface area (Å²) in [4.78, 5) is 0. The van der Waals surface area contributed by atoms with Crippen molar-refractivity contribution in [1.29, 1.82) is 5.26 Å². The highest BCUT2D eigenvalue weighted by Gasteiger charge is 2.47. The molecule has 0 unspecified atom stereocenters. The average molecular weight is 520 g/mol. The van der Waals surface area contributed by atoms with Gasteiger partial charge in [-0.05, 0) is 42.0 Å². The lowest BCUT2D eigenvalue weighted by Gasteiger charge is -2.22. The maximum Gasteiger partial charge on any atom is 0.408 e. The van der Waals surface area contributed by atoms with E-state index in [1.807, 2.05) is 25.5 Å². The molecule has 36 heavy (non-hydrogen) atoms. The van der Waals surface area contributed by atoms with Gasteiger partial charge in [0.1, 0.15) is 11.8 Å². The van der Waals surface area contributed by atoms with Crippen LogP contribution in [0.1, 0.15) is 50.8 Å². The number of aromatic nitrogens is 1. The predicted molar refractivity (Wildman–Crippen MR) is 132 cm³/mol. The maximum atomic E-state index is 14.2. The standard InChI is InChI=1S/C26H28F3N3O3S/c1-25(2,3)15-32-14-20(24(26(27,28)29)31-36(33,34)18-9-10-18)19-11-8-16(12-21(19)32)23-17(13-30)6-5-7-22(23)35-4/h5-8,11-12,14,18,24,31H,9-10,15H2,1-4H3/t24-/m0/s1. The van der Waals surface area contributed by atoms with Crippen LogP contribution in [0.3, 0.4) is 0 Å². The van der Waals surface area contributed by atoms with E-state index >= 15 is 0 Å². The molecule has 0 bridgehead atoms. The molecule has 1 N–H and O–H groups in total. The summed E-state index contributed by atoms with van der Waals surface area (Å²) in [6, 6.07) is 9.74. The number of nitriles is 1. The molecule has 1 fully saturated rings. The van der Waals surface area contributed by atoms with Crippen molar-refractivity contribution in [2.45, 2.75) is 57.6 Å². The van der Waals surface area contributed by atoms with E-state index in [1.165, 1.54) is 13.3 Å². The Morgan fingerprint density at radius 1 is 1.19 bits per heavy atom. The number of hydrogen-bond acceptors (Lipinski definition) is 4. The Labute approximate surface area is 208 Å². The van der Waals surface area contributed by atoms with Crippen molar-refractivity contribution in [2.24, 2.45) is 5.41 Å². The van der Waals surface area contributed by atoms with E-state index in [4.69, 9.17) is 4.74 Å². The Kier molecular flexibility index (Phi) is 6.60. The first-order chi connectivity index (χ1) is 16.7. The van der Waals surface area contributed by atoms with Gasteiger partial charge in [0, 0.05) is 34.8 Å². The van der Waals surface area contributed by atoms with E-state index in [2.05, 4.69) is 6.07 Å². The Balaban J connectivity index is 1.94. The summed E-state index contributed by atoms with van der Waals surface area (Å²) in [5, 5.41) is 9.15. The molecule has 10 heteroatoms. The molecule has 0 saturated heterocycles. The molecule has 3 aromatic rings. The molecule has 6 nitrogen and oxygen atoms in total. The van der Waals surface area contributed by atoms with Crippen LogP contribution < -0.4 is 9.46 Å². The number of halogens is 3. The lowest BCUT2D eigenvalue weighted by molar-refractivity contribution is -0.152. The summed E-state index contributed by atoms with van der Waals surface area (Å²) < 4.78 is 76.9. The summed E-state index contributed by atoms with van der Waals surface area (Å²) in [6.07, 6.45) is -2.73. The molecule has 4 rings (SSSR count). The van der Waals surface area contributed by atoms with Crippen LogP contribution in [0.15, 0.2) is 42.6 Å². The van der Waals surface area contributed by atoms with Gasteiger partial charge < -0.3 is 9.30 Å². The van der Waals surface area contributed by atoms with Gasteiger partial charge in [-0.1, -0.05) is 39.0 Å². The average Bonchev–Trinajstić information content (AvgIpc) is 3.60. The molecular weight excluding hydrogens is 491 g/mol. The third-order valence-corrected chi connectivity index (χ3v) is 8.01. The molecule has 1 heterocycles. The zero-order valence-electron chi connectivity index (χ0n) is 20.5. The Morgan fingerprint density at radius 2 is 1.89 bits per heavy atom. The lowest BCUT2D eigenvalue weighted by Crippen LogP contribution is -2.39. The first kappa shape index (κ1) is 26.0. The second-order valence-electron chi connectivity index (χ2n) is 10.3. The molecule has 192 valence electrons. The van der Waals surface area contributed by atoms with Crippen molar-refractivity contribution in [1.82, 2.24) is 9.29 Å². The van der Waals surface area contributed by atoms with Crippen LogP contribution in [0, 0.1) is 16.7 Å². The van der Waals surface area contributed by atoms with Crippen molar-refractivity contribution < 1.29 is 26.3 Å². The van der Waals surface area contributed by atoms with Crippen molar-refractivity contribution >= 4 is 20.9 Å². The number of methoxy groups -OCH3 is 1. The summed E-state index contributed by atoms with van der Waals surface area (Å²) in [7, 11) is -2.63. The van der Waals surface area contributed by atoms with E-state index in [-0.39, 0.29) is 16.4 Å². The molecule has 0 aliphatic heterocycles. The van der Waals surface area contributed by atoms with E-state index in [9.17, 15) is 26.9 Å². The first-order valence-corrected chi connectivity index (χ1v) is 13.1. The zero-order chi connectivity index (χ0) is 26.5. The minimum absolute atomic E-state index is 0.155. The summed E-state index contributed by atoms with van der Waals surface area (Å²) in [5.74, 6) is 0.466. The van der Waals surface area contributed by atoms with Gasteiger partial charge in [0.25, 0.3) is 0 Å². The maximum absolute atomic E-state index is 14.2. The second kappa shape index (κ2) is 9.12. The van der Waals surface area contributed by atoms with E-state index < -0.39 is 27.5 Å². The molecule has 0 amide bonds. The topological polar surface area (TPSA) is 84.1 Å². The van der Waals surface area contributed by atoms with Crippen LogP contribution in [0.2, 0.25) is 0 Å². The smallest absolute Gasteiger partial charge is 0.408 e. The predicted octanol–water partition coefficient (Wildman–Crippen LogP) is 5.92. The molecule has 1 aromatic heterocycles. The number of nitrogens with one attached hydrogen (secondary N) is 1. The zero-order valence-corrected chi connectivity index (χ0v) is 21.3. The molecule has 0 spiro atoms. The van der Waals surface area contributed by atoms with Crippen LogP contribution in [0.5, 0.6) is 5.75 Å². The molecule has 1 atom stereocenters. The van der Waals surface area contributed by atoms with Gasteiger partial charge in [0.15, 0.2) is 0 Å². The van der Waals surface area contributed by atoms with Gasteiger partial charge in [-0.2, -0.15) is 23.2 Å². The number of ether oxygens (including phenoxy) is 1. The van der Waals surface area contributed by atoms with Crippen LogP contribution in [0.25, 0.3) is 22.0 Å². The van der Waals surface area contributed by atoms with Gasteiger partial charge in [0.05, 0.1) is 24.0 Å². The van der Waals surface area contributed by atoms with Gasteiger partial charge in [0.2, 0.25) is 10.0 Å². The van der Waals surface area contributed by atoms with Crippen molar-refractivity contribution in [2.75, 3.05) is 7.11 Å². The number of sulfonamides is 1. The quantitative estimate of drug-likeness (QED) is 0.420. The largest absolute Gasteiger partial charge is 0.496 e. The SMILES string of the molecule is COc1cccc(C#N)c1-c1ccc2c([C@H](NS(=O)(=O)C3CC3)C(F)(F)F)cn(CC(C)(C)C)c2c1.